The van der Waals surface area contributed by atoms with E-state index in [0.717, 1.165) is 6.42 Å². The monoisotopic (exact) mass is 308 g/mol. The molecule has 106 valence electrons. The van der Waals surface area contributed by atoms with E-state index in [-0.39, 0.29) is 0 Å². The Balaban J connectivity index is 0.000000347. The molecule has 2 aromatic carbocycles. The highest BCUT2D eigenvalue weighted by atomic mass is 32.9. The lowest BCUT2D eigenvalue weighted by Gasteiger charge is -2.05. The van der Waals surface area contributed by atoms with Crippen LogP contribution in [-0.4, -0.2) is 13.3 Å². The molecule has 0 aromatic heterocycles. The Kier molecular flexibility index (Phi) is 6.54. The maximum Gasteiger partial charge on any atom is 0.263 e. The Morgan fingerprint density at radius 1 is 1.00 bits per heavy atom. The number of allylic oxidation sites excluding steroid dienone is 1. The van der Waals surface area contributed by atoms with Crippen LogP contribution < -0.4 is 0 Å². The SMILES string of the molecule is C=C(Cc1ccccc1)c1ccccc1.O=S(O)(O)=S. The maximum atomic E-state index is 9.11. The third-order valence-electron chi connectivity index (χ3n) is 2.44. The fourth-order valence-corrected chi connectivity index (χ4v) is 1.62. The standard InChI is InChI=1S/C15H14.H2O3S2/c1-13(15-10-6-3-7-11-15)12-14-8-4-2-5-9-14;1-5(2,3)4/h2-11H,1,12H2;(H2,1,2,3,4). The topological polar surface area (TPSA) is 57.5 Å². The molecule has 0 atom stereocenters. The van der Waals surface area contributed by atoms with Gasteiger partial charge in [0.05, 0.1) is 0 Å². The zero-order valence-electron chi connectivity index (χ0n) is 10.8. The molecule has 0 amide bonds. The molecule has 2 N–H and O–H groups in total. The van der Waals surface area contributed by atoms with Crippen molar-refractivity contribution in [1.29, 1.82) is 0 Å². The average Bonchev–Trinajstić information content (AvgIpc) is 2.39. The number of rotatable bonds is 3. The Morgan fingerprint density at radius 3 is 1.85 bits per heavy atom. The minimum absolute atomic E-state index is 0.921. The minimum Gasteiger partial charge on any atom is -0.285 e. The van der Waals surface area contributed by atoms with E-state index in [4.69, 9.17) is 13.3 Å². The van der Waals surface area contributed by atoms with Crippen LogP contribution in [0.3, 0.4) is 0 Å². The third kappa shape index (κ3) is 7.81. The van der Waals surface area contributed by atoms with Gasteiger partial charge < -0.3 is 0 Å². The van der Waals surface area contributed by atoms with Crippen molar-refractivity contribution >= 4 is 25.8 Å². The second-order valence-corrected chi connectivity index (χ2v) is 6.28. The molecule has 0 heterocycles. The fourth-order valence-electron chi connectivity index (χ4n) is 1.62. The highest BCUT2D eigenvalue weighted by molar-refractivity contribution is 8.26. The second kappa shape index (κ2) is 7.91. The molecular weight excluding hydrogens is 292 g/mol. The van der Waals surface area contributed by atoms with Crippen LogP contribution in [0, 0.1) is 0 Å². The van der Waals surface area contributed by atoms with Gasteiger partial charge in [0, 0.05) is 11.2 Å². The summed E-state index contributed by atoms with van der Waals surface area (Å²) in [7, 11) is -3.83. The van der Waals surface area contributed by atoms with Crippen molar-refractivity contribution in [1.82, 2.24) is 0 Å². The van der Waals surface area contributed by atoms with Gasteiger partial charge in [-0.25, -0.2) is 0 Å². The predicted octanol–water partition coefficient (Wildman–Crippen LogP) is 3.62. The zero-order chi connectivity index (χ0) is 15.0. The van der Waals surface area contributed by atoms with Gasteiger partial charge in [-0.05, 0) is 23.1 Å². The number of benzene rings is 2. The van der Waals surface area contributed by atoms with E-state index < -0.39 is 9.05 Å². The van der Waals surface area contributed by atoms with Crippen LogP contribution in [-0.2, 0) is 26.7 Å². The maximum absolute atomic E-state index is 9.11. The van der Waals surface area contributed by atoms with E-state index in [1.165, 1.54) is 16.7 Å². The van der Waals surface area contributed by atoms with Gasteiger partial charge in [-0.2, -0.15) is 4.21 Å². The van der Waals surface area contributed by atoms with Crippen molar-refractivity contribution in [2.24, 2.45) is 0 Å². The first-order valence-electron chi connectivity index (χ1n) is 5.83. The molecular formula is C15H16O3S2. The molecule has 2 rings (SSSR count). The first-order chi connectivity index (χ1) is 9.36. The average molecular weight is 308 g/mol. The summed E-state index contributed by atoms with van der Waals surface area (Å²) in [5.41, 5.74) is 3.70. The van der Waals surface area contributed by atoms with Crippen LogP contribution >= 0.6 is 0 Å². The van der Waals surface area contributed by atoms with Gasteiger partial charge in [0.25, 0.3) is 9.05 Å². The quantitative estimate of drug-likeness (QED) is 0.909. The molecule has 0 saturated heterocycles. The van der Waals surface area contributed by atoms with Gasteiger partial charge in [0.1, 0.15) is 0 Å². The van der Waals surface area contributed by atoms with E-state index in [9.17, 15) is 0 Å². The van der Waals surface area contributed by atoms with Crippen LogP contribution in [0.25, 0.3) is 5.57 Å². The van der Waals surface area contributed by atoms with Crippen molar-refractivity contribution < 1.29 is 13.3 Å². The molecule has 0 aliphatic rings. The van der Waals surface area contributed by atoms with Gasteiger partial charge in [-0.1, -0.05) is 67.2 Å². The first-order valence-corrected chi connectivity index (χ1v) is 8.23. The largest absolute Gasteiger partial charge is 0.285 e. The van der Waals surface area contributed by atoms with Crippen LogP contribution in [0.2, 0.25) is 0 Å². The van der Waals surface area contributed by atoms with E-state index in [2.05, 4.69) is 54.2 Å². The van der Waals surface area contributed by atoms with Gasteiger partial charge in [0.2, 0.25) is 0 Å². The molecule has 0 spiro atoms. The van der Waals surface area contributed by atoms with Gasteiger partial charge >= 0.3 is 0 Å². The van der Waals surface area contributed by atoms with Crippen LogP contribution in [0.4, 0.5) is 0 Å². The molecule has 5 heteroatoms. The summed E-state index contributed by atoms with van der Waals surface area (Å²) < 4.78 is 24.0. The highest BCUT2D eigenvalue weighted by Crippen LogP contribution is 2.16. The van der Waals surface area contributed by atoms with Crippen molar-refractivity contribution in [3.8, 4) is 0 Å². The molecule has 0 bridgehead atoms. The molecule has 0 unspecified atom stereocenters. The lowest BCUT2D eigenvalue weighted by molar-refractivity contribution is 0.450. The second-order valence-electron chi connectivity index (χ2n) is 4.08. The first kappa shape index (κ1) is 16.5. The fraction of sp³-hybridized carbons (Fsp3) is 0.0667. The molecule has 2 aromatic rings. The van der Waals surface area contributed by atoms with Gasteiger partial charge in [-0.15, -0.1) is 0 Å². The van der Waals surface area contributed by atoms with Crippen LogP contribution in [0.1, 0.15) is 11.1 Å². The summed E-state index contributed by atoms with van der Waals surface area (Å²) >= 11 is 3.47. The van der Waals surface area contributed by atoms with Gasteiger partial charge in [-0.3, -0.25) is 9.11 Å². The molecule has 20 heavy (non-hydrogen) atoms. The number of hydrogen-bond acceptors (Lipinski definition) is 2. The smallest absolute Gasteiger partial charge is 0.263 e. The number of hydrogen-bond donors (Lipinski definition) is 2. The highest BCUT2D eigenvalue weighted by Gasteiger charge is 1.98. The molecule has 0 radical (unpaired) electrons. The summed E-state index contributed by atoms with van der Waals surface area (Å²) in [6.07, 6.45) is 0.921. The Morgan fingerprint density at radius 2 is 1.40 bits per heavy atom. The van der Waals surface area contributed by atoms with Crippen molar-refractivity contribution in [3.63, 3.8) is 0 Å². The van der Waals surface area contributed by atoms with Crippen molar-refractivity contribution in [3.05, 3.63) is 78.4 Å². The van der Waals surface area contributed by atoms with Gasteiger partial charge in [0.15, 0.2) is 0 Å². The Labute approximate surface area is 124 Å². The zero-order valence-corrected chi connectivity index (χ0v) is 12.4. The summed E-state index contributed by atoms with van der Waals surface area (Å²) in [5, 5.41) is 0. The molecule has 0 aliphatic carbocycles. The van der Waals surface area contributed by atoms with E-state index in [1.54, 1.807) is 0 Å². The van der Waals surface area contributed by atoms with Crippen LogP contribution in [0.5, 0.6) is 0 Å². The summed E-state index contributed by atoms with van der Waals surface area (Å²) in [6, 6.07) is 20.8. The normalized spacial score (nSPS) is 10.3. The van der Waals surface area contributed by atoms with E-state index >= 15 is 0 Å². The molecule has 0 aliphatic heterocycles. The molecule has 0 fully saturated rings. The lowest BCUT2D eigenvalue weighted by atomic mass is 10.00. The van der Waals surface area contributed by atoms with Crippen molar-refractivity contribution in [2.75, 3.05) is 0 Å². The Hall–Kier alpha value is -1.53. The van der Waals surface area contributed by atoms with Crippen LogP contribution in [0.15, 0.2) is 67.2 Å². The van der Waals surface area contributed by atoms with E-state index in [0.29, 0.717) is 0 Å². The predicted molar refractivity (Wildman–Crippen MR) is 86.4 cm³/mol. The van der Waals surface area contributed by atoms with Crippen molar-refractivity contribution in [2.45, 2.75) is 6.42 Å². The summed E-state index contributed by atoms with van der Waals surface area (Å²) in [5.74, 6) is 0. The third-order valence-corrected chi connectivity index (χ3v) is 2.44. The Bertz CT molecular complexity index is 627. The molecule has 0 saturated carbocycles. The van der Waals surface area contributed by atoms with E-state index in [1.807, 2.05) is 24.3 Å². The molecule has 3 nitrogen and oxygen atoms in total. The lowest BCUT2D eigenvalue weighted by Crippen LogP contribution is -1.88. The summed E-state index contributed by atoms with van der Waals surface area (Å²) in [6.45, 7) is 4.12. The minimum atomic E-state index is -3.83. The summed E-state index contributed by atoms with van der Waals surface area (Å²) in [4.78, 5) is 0.